The number of rotatable bonds is 4. The summed E-state index contributed by atoms with van der Waals surface area (Å²) in [6, 6.07) is 5.53. The van der Waals surface area contributed by atoms with E-state index in [-0.39, 0.29) is 11.5 Å². The minimum absolute atomic E-state index is 0.132. The molecule has 164 valence electrons. The average Bonchev–Trinajstić information content (AvgIpc) is 2.96. The van der Waals surface area contributed by atoms with Gasteiger partial charge in [-0.15, -0.1) is 0 Å². The predicted molar refractivity (Wildman–Crippen MR) is 131 cm³/mol. The molecule has 4 rings (SSSR count). The van der Waals surface area contributed by atoms with Gasteiger partial charge in [-0.05, 0) is 42.4 Å². The molecular weight excluding hydrogens is 428 g/mol. The third kappa shape index (κ3) is 4.41. The fourth-order valence-corrected chi connectivity index (χ4v) is 5.70. The fraction of sp³-hybridized carbons (Fsp3) is 0.478. The molecule has 2 aromatic rings. The third-order valence-electron chi connectivity index (χ3n) is 5.61. The third-order valence-corrected chi connectivity index (χ3v) is 6.99. The van der Waals surface area contributed by atoms with E-state index >= 15 is 0 Å². The second kappa shape index (κ2) is 8.74. The van der Waals surface area contributed by atoms with Crippen molar-refractivity contribution in [1.29, 1.82) is 0 Å². The van der Waals surface area contributed by atoms with Crippen LogP contribution in [-0.4, -0.2) is 44.1 Å². The van der Waals surface area contributed by atoms with Crippen molar-refractivity contribution >= 4 is 51.7 Å². The van der Waals surface area contributed by atoms with Crippen LogP contribution in [0.25, 0.3) is 11.7 Å². The van der Waals surface area contributed by atoms with Gasteiger partial charge in [-0.1, -0.05) is 57.7 Å². The molecular formula is C23H28N4O2S2. The SMILES string of the molecule is CC(C)CN1C(=O)/C(=C\c2c(N3C[C@H](C)C[C@H](C)C3)nc3ccccn3c2=O)SC1=S. The molecule has 0 bridgehead atoms. The number of hydrogen-bond donors (Lipinski definition) is 0. The number of piperidine rings is 1. The summed E-state index contributed by atoms with van der Waals surface area (Å²) < 4.78 is 2.08. The molecule has 1 amide bonds. The number of nitrogens with zero attached hydrogens (tertiary/aromatic N) is 4. The highest BCUT2D eigenvalue weighted by atomic mass is 32.2. The molecule has 2 aliphatic heterocycles. The fourth-order valence-electron chi connectivity index (χ4n) is 4.45. The van der Waals surface area contributed by atoms with Crippen LogP contribution in [0.15, 0.2) is 34.1 Å². The summed E-state index contributed by atoms with van der Waals surface area (Å²) in [5, 5.41) is 0. The van der Waals surface area contributed by atoms with Gasteiger partial charge < -0.3 is 4.90 Å². The number of anilines is 1. The molecule has 0 unspecified atom stereocenters. The first kappa shape index (κ1) is 22.0. The summed E-state index contributed by atoms with van der Waals surface area (Å²) in [5.41, 5.74) is 0.897. The summed E-state index contributed by atoms with van der Waals surface area (Å²) >= 11 is 6.71. The molecule has 6 nitrogen and oxygen atoms in total. The van der Waals surface area contributed by atoms with Gasteiger partial charge in [0.1, 0.15) is 15.8 Å². The van der Waals surface area contributed by atoms with E-state index in [0.29, 0.717) is 50.6 Å². The second-order valence-corrected chi connectivity index (χ2v) is 10.8. The van der Waals surface area contributed by atoms with Gasteiger partial charge in [-0.2, -0.15) is 0 Å². The van der Waals surface area contributed by atoms with Gasteiger partial charge in [0.2, 0.25) is 0 Å². The zero-order chi connectivity index (χ0) is 22.3. The van der Waals surface area contributed by atoms with Gasteiger partial charge >= 0.3 is 0 Å². The number of carbonyl (C=O) groups excluding carboxylic acids is 1. The van der Waals surface area contributed by atoms with Crippen LogP contribution < -0.4 is 10.5 Å². The Balaban J connectivity index is 1.84. The molecule has 0 spiro atoms. The van der Waals surface area contributed by atoms with Gasteiger partial charge in [0, 0.05) is 25.8 Å². The van der Waals surface area contributed by atoms with Crippen molar-refractivity contribution in [3.63, 3.8) is 0 Å². The van der Waals surface area contributed by atoms with E-state index < -0.39 is 0 Å². The molecule has 2 aromatic heterocycles. The molecule has 4 heterocycles. The van der Waals surface area contributed by atoms with E-state index in [1.54, 1.807) is 21.6 Å². The topological polar surface area (TPSA) is 57.9 Å². The lowest BCUT2D eigenvalue weighted by Gasteiger charge is -2.36. The Labute approximate surface area is 192 Å². The van der Waals surface area contributed by atoms with Crippen molar-refractivity contribution in [2.45, 2.75) is 34.1 Å². The highest BCUT2D eigenvalue weighted by Crippen LogP contribution is 2.35. The molecule has 8 heteroatoms. The Morgan fingerprint density at radius 2 is 1.94 bits per heavy atom. The molecule has 2 aliphatic rings. The molecule has 31 heavy (non-hydrogen) atoms. The van der Waals surface area contributed by atoms with Crippen LogP contribution in [0.1, 0.15) is 39.7 Å². The van der Waals surface area contributed by atoms with Gasteiger partial charge in [0.15, 0.2) is 0 Å². The Morgan fingerprint density at radius 3 is 2.61 bits per heavy atom. The molecule has 0 radical (unpaired) electrons. The number of hydrogen-bond acceptors (Lipinski definition) is 6. The molecule has 0 aliphatic carbocycles. The molecule has 0 aromatic carbocycles. The quantitative estimate of drug-likeness (QED) is 0.511. The first-order chi connectivity index (χ1) is 14.7. The first-order valence-corrected chi connectivity index (χ1v) is 12.0. The van der Waals surface area contributed by atoms with Crippen LogP contribution in [-0.2, 0) is 4.79 Å². The minimum Gasteiger partial charge on any atom is -0.355 e. The molecule has 2 atom stereocenters. The van der Waals surface area contributed by atoms with Gasteiger partial charge in [0.25, 0.3) is 11.5 Å². The van der Waals surface area contributed by atoms with Gasteiger partial charge in [-0.3, -0.25) is 18.9 Å². The van der Waals surface area contributed by atoms with Crippen molar-refractivity contribution in [2.24, 2.45) is 17.8 Å². The summed E-state index contributed by atoms with van der Waals surface area (Å²) in [7, 11) is 0. The summed E-state index contributed by atoms with van der Waals surface area (Å²) in [5.74, 6) is 1.85. The zero-order valence-corrected chi connectivity index (χ0v) is 20.0. The Morgan fingerprint density at radius 1 is 1.23 bits per heavy atom. The largest absolute Gasteiger partial charge is 0.355 e. The number of fused-ring (bicyclic) bond motifs is 1. The smallest absolute Gasteiger partial charge is 0.267 e. The predicted octanol–water partition coefficient (Wildman–Crippen LogP) is 4.03. The standard InChI is InChI=1S/C23H28N4O2S2/c1-14(2)11-27-22(29)18(31-23(27)30)10-17-20(25-12-15(3)9-16(4)13-25)24-19-7-5-6-8-26(19)21(17)28/h5-8,10,14-16H,9,11-13H2,1-4H3/b18-10+/t15-,16+. The van der Waals surface area contributed by atoms with Crippen molar-refractivity contribution in [3.8, 4) is 0 Å². The normalized spacial score (nSPS) is 23.6. The van der Waals surface area contributed by atoms with E-state index in [9.17, 15) is 9.59 Å². The van der Waals surface area contributed by atoms with Crippen LogP contribution in [0.4, 0.5) is 5.82 Å². The van der Waals surface area contributed by atoms with Gasteiger partial charge in [-0.25, -0.2) is 4.98 Å². The Bertz CT molecular complexity index is 1110. The molecule has 0 saturated carbocycles. The zero-order valence-electron chi connectivity index (χ0n) is 18.4. The van der Waals surface area contributed by atoms with E-state index in [1.807, 2.05) is 18.2 Å². The van der Waals surface area contributed by atoms with Crippen LogP contribution >= 0.6 is 24.0 Å². The van der Waals surface area contributed by atoms with E-state index in [0.717, 1.165) is 19.5 Å². The second-order valence-electron chi connectivity index (χ2n) is 9.12. The summed E-state index contributed by atoms with van der Waals surface area (Å²) in [6.07, 6.45) is 4.58. The number of amides is 1. The number of carbonyl (C=O) groups is 1. The molecule has 2 saturated heterocycles. The molecule has 0 N–H and O–H groups in total. The minimum atomic E-state index is -0.166. The first-order valence-electron chi connectivity index (χ1n) is 10.8. The monoisotopic (exact) mass is 456 g/mol. The van der Waals surface area contributed by atoms with Crippen LogP contribution in [0.3, 0.4) is 0 Å². The maximum absolute atomic E-state index is 13.5. The highest BCUT2D eigenvalue weighted by Gasteiger charge is 2.33. The number of aromatic nitrogens is 2. The van der Waals surface area contributed by atoms with Crippen LogP contribution in [0.2, 0.25) is 0 Å². The van der Waals surface area contributed by atoms with Crippen molar-refractivity contribution in [3.05, 3.63) is 45.2 Å². The van der Waals surface area contributed by atoms with E-state index in [1.165, 1.54) is 11.8 Å². The maximum atomic E-state index is 13.5. The molecule has 2 fully saturated rings. The van der Waals surface area contributed by atoms with Crippen molar-refractivity contribution in [2.75, 3.05) is 24.5 Å². The number of thioether (sulfide) groups is 1. The number of thiocarbonyl (C=S) groups is 1. The lowest BCUT2D eigenvalue weighted by molar-refractivity contribution is -0.122. The number of pyridine rings is 1. The van der Waals surface area contributed by atoms with E-state index in [2.05, 4.69) is 32.6 Å². The summed E-state index contributed by atoms with van der Waals surface area (Å²) in [6.45, 7) is 10.8. The van der Waals surface area contributed by atoms with Crippen molar-refractivity contribution in [1.82, 2.24) is 14.3 Å². The average molecular weight is 457 g/mol. The Kier molecular flexibility index (Phi) is 6.21. The lowest BCUT2D eigenvalue weighted by atomic mass is 9.91. The highest BCUT2D eigenvalue weighted by molar-refractivity contribution is 8.26. The van der Waals surface area contributed by atoms with Crippen LogP contribution in [0, 0.1) is 17.8 Å². The summed E-state index contributed by atoms with van der Waals surface area (Å²) in [4.78, 5) is 35.7. The lowest BCUT2D eigenvalue weighted by Crippen LogP contribution is -2.40. The Hall–Kier alpha value is -2.19. The van der Waals surface area contributed by atoms with Crippen LogP contribution in [0.5, 0.6) is 0 Å². The van der Waals surface area contributed by atoms with Crippen molar-refractivity contribution < 1.29 is 4.79 Å². The van der Waals surface area contributed by atoms with E-state index in [4.69, 9.17) is 17.2 Å². The van der Waals surface area contributed by atoms with Gasteiger partial charge in [0.05, 0.1) is 10.5 Å². The maximum Gasteiger partial charge on any atom is 0.267 e.